The molecule has 1 aromatic carbocycles. The number of ether oxygens (including phenoxy) is 1. The number of methoxy groups -OCH3 is 1. The maximum atomic E-state index is 14.3. The predicted octanol–water partition coefficient (Wildman–Crippen LogP) is 10.3. The van der Waals surface area contributed by atoms with Crippen LogP contribution < -0.4 is 4.74 Å². The average Bonchev–Trinajstić information content (AvgIpc) is 3.50. The molecule has 1 aliphatic carbocycles. The van der Waals surface area contributed by atoms with Crippen molar-refractivity contribution in [2.45, 2.75) is 91.9 Å². The Kier molecular flexibility index (Phi) is 13.0. The third kappa shape index (κ3) is 9.34. The van der Waals surface area contributed by atoms with Crippen molar-refractivity contribution in [3.8, 4) is 5.75 Å². The van der Waals surface area contributed by atoms with Gasteiger partial charge < -0.3 is 4.74 Å². The molecule has 3 rings (SSSR count). The zero-order chi connectivity index (χ0) is 28.9. The molecule has 1 heterocycles. The van der Waals surface area contributed by atoms with Gasteiger partial charge in [-0.1, -0.05) is 90.3 Å². The SMILES string of the molecule is C=C=C(CCc1cccnc1C(/C=C\C(CC)C(C)C1CCCC1)=C/CCc1ccc(OC)c(F)c1)CC(C)C. The lowest BCUT2D eigenvalue weighted by Crippen LogP contribution is -2.17. The number of nitrogens with zero attached hydrogens (tertiary/aromatic N) is 1. The summed E-state index contributed by atoms with van der Waals surface area (Å²) < 4.78 is 19.4. The van der Waals surface area contributed by atoms with Crippen molar-refractivity contribution in [1.29, 1.82) is 0 Å². The molecule has 1 saturated carbocycles. The van der Waals surface area contributed by atoms with Gasteiger partial charge in [-0.3, -0.25) is 4.98 Å². The van der Waals surface area contributed by atoms with Crippen LogP contribution in [-0.2, 0) is 12.8 Å². The highest BCUT2D eigenvalue weighted by atomic mass is 19.1. The molecular weight excluding hydrogens is 493 g/mol. The summed E-state index contributed by atoms with van der Waals surface area (Å²) in [5.41, 5.74) is 8.90. The number of aromatic nitrogens is 1. The van der Waals surface area contributed by atoms with Gasteiger partial charge in [-0.2, -0.15) is 0 Å². The molecule has 3 heteroatoms. The Balaban J connectivity index is 1.87. The second-order valence-electron chi connectivity index (χ2n) is 11.9. The quantitative estimate of drug-likeness (QED) is 0.165. The van der Waals surface area contributed by atoms with E-state index >= 15 is 0 Å². The molecule has 1 aliphatic rings. The summed E-state index contributed by atoms with van der Waals surface area (Å²) in [6.45, 7) is 13.2. The van der Waals surface area contributed by atoms with Gasteiger partial charge in [0.15, 0.2) is 11.6 Å². The highest BCUT2D eigenvalue weighted by molar-refractivity contribution is 5.73. The fraction of sp³-hybridized carbons (Fsp3) is 0.514. The van der Waals surface area contributed by atoms with Crippen molar-refractivity contribution in [1.82, 2.24) is 4.98 Å². The summed E-state index contributed by atoms with van der Waals surface area (Å²) in [5.74, 6) is 2.64. The van der Waals surface area contributed by atoms with Gasteiger partial charge in [-0.25, -0.2) is 4.39 Å². The monoisotopic (exact) mass is 543 g/mol. The maximum Gasteiger partial charge on any atom is 0.165 e. The van der Waals surface area contributed by atoms with Crippen LogP contribution in [0.2, 0.25) is 0 Å². The van der Waals surface area contributed by atoms with E-state index in [0.29, 0.717) is 17.8 Å². The molecule has 0 saturated heterocycles. The van der Waals surface area contributed by atoms with Crippen LogP contribution in [0.15, 0.2) is 72.6 Å². The van der Waals surface area contributed by atoms with Crippen molar-refractivity contribution >= 4 is 5.57 Å². The fourth-order valence-corrected chi connectivity index (χ4v) is 6.19. The number of benzene rings is 1. The van der Waals surface area contributed by atoms with Gasteiger partial charge in [0.25, 0.3) is 0 Å². The number of aryl methyl sites for hydroxylation is 2. The summed E-state index contributed by atoms with van der Waals surface area (Å²) in [6.07, 6.45) is 20.0. The van der Waals surface area contributed by atoms with E-state index in [1.807, 2.05) is 18.3 Å². The standard InChI is InChI=1S/C37H50FNO/c1-7-29(25-27(3)4)18-20-34-17-12-24-39-37(34)33(16-11-13-30-19-23-36(40-6)35(38)26-30)22-21-31(8-2)28(5)32-14-9-10-15-32/h12,16-17,19,21-24,26-28,31-32H,1,8-11,13-15,18,20,25H2,2-6H3/b22-21-,33-16+. The van der Waals surface area contributed by atoms with Crippen LogP contribution >= 0.6 is 0 Å². The smallest absolute Gasteiger partial charge is 0.165 e. The molecule has 0 spiro atoms. The van der Waals surface area contributed by atoms with Gasteiger partial charge in [0.2, 0.25) is 0 Å². The van der Waals surface area contributed by atoms with Crippen LogP contribution in [-0.4, -0.2) is 12.1 Å². The molecule has 2 nitrogen and oxygen atoms in total. The van der Waals surface area contributed by atoms with Crippen molar-refractivity contribution in [2.75, 3.05) is 7.11 Å². The molecule has 2 atom stereocenters. The zero-order valence-corrected chi connectivity index (χ0v) is 25.5. The van der Waals surface area contributed by atoms with Gasteiger partial charge in [0, 0.05) is 6.20 Å². The van der Waals surface area contributed by atoms with E-state index in [9.17, 15) is 4.39 Å². The first-order valence-electron chi connectivity index (χ1n) is 15.4. The third-order valence-corrected chi connectivity index (χ3v) is 8.59. The first-order chi connectivity index (χ1) is 19.4. The lowest BCUT2D eigenvalue weighted by atomic mass is 9.80. The Hall–Kier alpha value is -2.90. The van der Waals surface area contributed by atoms with Crippen LogP contribution in [0.4, 0.5) is 4.39 Å². The first-order valence-corrected chi connectivity index (χ1v) is 15.4. The molecule has 1 aromatic heterocycles. The lowest BCUT2D eigenvalue weighted by molar-refractivity contribution is 0.284. The second-order valence-corrected chi connectivity index (χ2v) is 11.9. The van der Waals surface area contributed by atoms with Gasteiger partial charge in [0.05, 0.1) is 12.8 Å². The lowest BCUT2D eigenvalue weighted by Gasteiger charge is -2.25. The molecule has 2 unspecified atom stereocenters. The average molecular weight is 544 g/mol. The van der Waals surface area contributed by atoms with E-state index in [1.54, 1.807) is 12.1 Å². The largest absolute Gasteiger partial charge is 0.494 e. The minimum absolute atomic E-state index is 0.286. The molecule has 0 bridgehead atoms. The Morgan fingerprint density at radius 2 is 1.95 bits per heavy atom. The Labute approximate surface area is 243 Å². The minimum atomic E-state index is -0.310. The Morgan fingerprint density at radius 3 is 2.60 bits per heavy atom. The second kappa shape index (κ2) is 16.4. The molecular formula is C37H50FNO. The van der Waals surface area contributed by atoms with E-state index < -0.39 is 0 Å². The van der Waals surface area contributed by atoms with Crippen LogP contribution in [0, 0.1) is 29.5 Å². The topological polar surface area (TPSA) is 22.1 Å². The van der Waals surface area contributed by atoms with Crippen molar-refractivity contribution in [3.63, 3.8) is 0 Å². The first kappa shape index (κ1) is 31.6. The normalized spacial score (nSPS) is 15.9. The zero-order valence-electron chi connectivity index (χ0n) is 25.5. The highest BCUT2D eigenvalue weighted by Crippen LogP contribution is 2.37. The van der Waals surface area contributed by atoms with E-state index in [0.717, 1.165) is 61.3 Å². The van der Waals surface area contributed by atoms with Gasteiger partial charge in [-0.15, -0.1) is 5.73 Å². The number of hydrogen-bond acceptors (Lipinski definition) is 2. The summed E-state index contributed by atoms with van der Waals surface area (Å²) in [6, 6.07) is 9.49. The predicted molar refractivity (Wildman–Crippen MR) is 168 cm³/mol. The van der Waals surface area contributed by atoms with Crippen LogP contribution in [0.1, 0.15) is 95.9 Å². The van der Waals surface area contributed by atoms with E-state index in [1.165, 1.54) is 43.9 Å². The third-order valence-electron chi connectivity index (χ3n) is 8.59. The number of rotatable bonds is 15. The summed E-state index contributed by atoms with van der Waals surface area (Å²) in [7, 11) is 1.50. The molecule has 0 amide bonds. The number of pyridine rings is 1. The maximum absolute atomic E-state index is 14.3. The number of halogens is 1. The Bertz CT molecular complexity index is 1180. The van der Waals surface area contributed by atoms with Crippen LogP contribution in [0.5, 0.6) is 5.75 Å². The van der Waals surface area contributed by atoms with E-state index in [-0.39, 0.29) is 11.6 Å². The van der Waals surface area contributed by atoms with Crippen molar-refractivity contribution < 1.29 is 9.13 Å². The number of hydrogen-bond donors (Lipinski definition) is 0. The van der Waals surface area contributed by atoms with E-state index in [2.05, 4.69) is 64.3 Å². The van der Waals surface area contributed by atoms with Crippen LogP contribution in [0.25, 0.3) is 5.57 Å². The molecule has 0 N–H and O–H groups in total. The van der Waals surface area contributed by atoms with Crippen molar-refractivity contribution in [3.05, 3.63) is 95.3 Å². The fourth-order valence-electron chi connectivity index (χ4n) is 6.19. The molecule has 2 aromatic rings. The molecule has 216 valence electrons. The molecule has 0 radical (unpaired) electrons. The van der Waals surface area contributed by atoms with E-state index in [4.69, 9.17) is 9.72 Å². The summed E-state index contributed by atoms with van der Waals surface area (Å²) in [4.78, 5) is 4.89. The summed E-state index contributed by atoms with van der Waals surface area (Å²) >= 11 is 0. The highest BCUT2D eigenvalue weighted by Gasteiger charge is 2.26. The van der Waals surface area contributed by atoms with Gasteiger partial charge >= 0.3 is 0 Å². The van der Waals surface area contributed by atoms with Gasteiger partial charge in [0.1, 0.15) is 0 Å². The van der Waals surface area contributed by atoms with Crippen molar-refractivity contribution in [2.24, 2.45) is 23.7 Å². The Morgan fingerprint density at radius 1 is 1.18 bits per heavy atom. The number of allylic oxidation sites excluding steroid dienone is 5. The van der Waals surface area contributed by atoms with Crippen LogP contribution in [0.3, 0.4) is 0 Å². The summed E-state index contributed by atoms with van der Waals surface area (Å²) in [5, 5.41) is 0. The molecule has 40 heavy (non-hydrogen) atoms. The molecule has 1 fully saturated rings. The molecule has 0 aliphatic heterocycles. The van der Waals surface area contributed by atoms with Gasteiger partial charge in [-0.05, 0) is 103 Å². The minimum Gasteiger partial charge on any atom is -0.494 e.